The van der Waals surface area contributed by atoms with Gasteiger partial charge in [0.15, 0.2) is 11.2 Å². The van der Waals surface area contributed by atoms with Gasteiger partial charge in [0.05, 0.1) is 6.54 Å². The van der Waals surface area contributed by atoms with Crippen molar-refractivity contribution >= 4 is 23.1 Å². The fraction of sp³-hybridized carbons (Fsp3) is 0.579. The molecule has 2 aromatic heterocycles. The molecule has 0 aliphatic carbocycles. The zero-order chi connectivity index (χ0) is 24.8. The van der Waals surface area contributed by atoms with Gasteiger partial charge in [-0.15, -0.1) is 5.92 Å². The minimum atomic E-state index is -5.08. The number of aliphatic hydroxyl groups excluding tert-OH is 1. The molecule has 0 saturated carbocycles. The Morgan fingerprint density at radius 3 is 2.33 bits per heavy atom. The minimum absolute atomic E-state index is 0.0382. The second kappa shape index (κ2) is 11.0. The van der Waals surface area contributed by atoms with E-state index in [0.29, 0.717) is 36.6 Å². The lowest BCUT2D eigenvalue weighted by atomic mass is 10.4. The summed E-state index contributed by atoms with van der Waals surface area (Å²) in [6.45, 7) is 5.55. The molecule has 3 heterocycles. The van der Waals surface area contributed by atoms with Crippen molar-refractivity contribution in [1.82, 2.24) is 24.0 Å². The summed E-state index contributed by atoms with van der Waals surface area (Å²) in [5.74, 6) is 3.76. The zero-order valence-corrected chi connectivity index (χ0v) is 18.1. The van der Waals surface area contributed by atoms with E-state index in [2.05, 4.69) is 27.0 Å². The number of aliphatic carboxylic acids is 1. The number of carboxylic acids is 1. The number of carbonyl (C=O) groups is 1. The second-order valence-electron chi connectivity index (χ2n) is 7.01. The first-order valence-corrected chi connectivity index (χ1v) is 10.0. The molecule has 0 amide bonds. The fourth-order valence-corrected chi connectivity index (χ4v) is 3.19. The van der Waals surface area contributed by atoms with Crippen LogP contribution < -0.4 is 21.5 Å². The maximum absolute atomic E-state index is 12.8. The van der Waals surface area contributed by atoms with Gasteiger partial charge >= 0.3 is 17.8 Å². The van der Waals surface area contributed by atoms with Gasteiger partial charge < -0.3 is 20.4 Å². The minimum Gasteiger partial charge on any atom is -0.475 e. The van der Waals surface area contributed by atoms with Crippen LogP contribution in [-0.4, -0.2) is 73.8 Å². The molecule has 3 N–H and O–H groups in total. The fourth-order valence-electron chi connectivity index (χ4n) is 3.19. The average Bonchev–Trinajstić information content (AvgIpc) is 3.16. The van der Waals surface area contributed by atoms with Gasteiger partial charge in [-0.25, -0.2) is 9.59 Å². The quantitative estimate of drug-likeness (QED) is 0.487. The van der Waals surface area contributed by atoms with E-state index in [1.165, 1.54) is 11.6 Å². The van der Waals surface area contributed by atoms with E-state index in [9.17, 15) is 22.8 Å². The number of hydrogen-bond acceptors (Lipinski definition) is 7. The highest BCUT2D eigenvalue weighted by Gasteiger charge is 2.38. The Morgan fingerprint density at radius 1 is 1.21 bits per heavy atom. The largest absolute Gasteiger partial charge is 0.490 e. The van der Waals surface area contributed by atoms with E-state index in [-0.39, 0.29) is 12.2 Å². The summed E-state index contributed by atoms with van der Waals surface area (Å²) in [7, 11) is 1.47. The smallest absolute Gasteiger partial charge is 0.475 e. The Bertz CT molecular complexity index is 1170. The number of nitrogens with one attached hydrogen (secondary N) is 1. The van der Waals surface area contributed by atoms with Gasteiger partial charge in [-0.05, 0) is 13.3 Å². The van der Waals surface area contributed by atoms with Crippen LogP contribution in [0.25, 0.3) is 11.2 Å². The van der Waals surface area contributed by atoms with Crippen molar-refractivity contribution in [2.45, 2.75) is 32.6 Å². The SMILES string of the molecule is CC#CCn1c(N2CCNCC2)nc2c1c(=O)n(C)c(=O)n2CCCO.O=C(O)C(F)(F)F. The molecule has 0 atom stereocenters. The van der Waals surface area contributed by atoms with Crippen molar-refractivity contribution in [3.63, 3.8) is 0 Å². The third kappa shape index (κ3) is 5.93. The highest BCUT2D eigenvalue weighted by Crippen LogP contribution is 2.20. The van der Waals surface area contributed by atoms with Crippen LogP contribution in [-0.2, 0) is 24.9 Å². The number of aromatic nitrogens is 4. The number of imidazole rings is 1. The summed E-state index contributed by atoms with van der Waals surface area (Å²) < 4.78 is 36.1. The number of halogens is 3. The van der Waals surface area contributed by atoms with Crippen molar-refractivity contribution in [3.05, 3.63) is 20.8 Å². The predicted octanol–water partition coefficient (Wildman–Crippen LogP) is -0.655. The predicted molar refractivity (Wildman–Crippen MR) is 113 cm³/mol. The molecular weight excluding hydrogens is 449 g/mol. The Kier molecular flexibility index (Phi) is 8.66. The first-order chi connectivity index (χ1) is 15.5. The van der Waals surface area contributed by atoms with Crippen molar-refractivity contribution < 1.29 is 28.2 Å². The number of hydrogen-bond donors (Lipinski definition) is 3. The summed E-state index contributed by atoms with van der Waals surface area (Å²) in [5.41, 5.74) is -0.0645. The first-order valence-electron chi connectivity index (χ1n) is 10.0. The number of anilines is 1. The second-order valence-corrected chi connectivity index (χ2v) is 7.01. The number of aliphatic hydroxyl groups is 1. The first kappa shape index (κ1) is 25.9. The molecule has 0 spiro atoms. The van der Waals surface area contributed by atoms with Gasteiger partial charge in [0.1, 0.15) is 0 Å². The summed E-state index contributed by atoms with van der Waals surface area (Å²) in [5, 5.41) is 19.6. The standard InChI is InChI=1S/C17H24N6O3.C2HF3O2/c1-3-4-8-22-13-14(19-16(22)21-10-6-18-7-11-21)23(9-5-12-24)17(26)20(2)15(13)25;3-2(4,5)1(6)7/h18,24H,5-12H2,1-2H3;(H,6,7). The van der Waals surface area contributed by atoms with Crippen LogP contribution in [0, 0.1) is 11.8 Å². The lowest BCUT2D eigenvalue weighted by Crippen LogP contribution is -2.44. The Hall–Kier alpha value is -3.31. The lowest BCUT2D eigenvalue weighted by Gasteiger charge is -2.28. The molecule has 2 aromatic rings. The molecule has 0 radical (unpaired) electrons. The summed E-state index contributed by atoms with van der Waals surface area (Å²) in [6, 6.07) is 0. The van der Waals surface area contributed by atoms with Crippen LogP contribution in [0.1, 0.15) is 13.3 Å². The molecule has 182 valence electrons. The third-order valence-electron chi connectivity index (χ3n) is 4.81. The van der Waals surface area contributed by atoms with E-state index in [1.807, 2.05) is 0 Å². The van der Waals surface area contributed by atoms with Crippen molar-refractivity contribution in [2.24, 2.45) is 7.05 Å². The highest BCUT2D eigenvalue weighted by atomic mass is 19.4. The van der Waals surface area contributed by atoms with Gasteiger partial charge in [-0.2, -0.15) is 18.2 Å². The Labute approximate surface area is 186 Å². The number of rotatable bonds is 5. The van der Waals surface area contributed by atoms with E-state index < -0.39 is 17.8 Å². The maximum Gasteiger partial charge on any atom is 0.490 e. The van der Waals surface area contributed by atoms with E-state index in [0.717, 1.165) is 30.7 Å². The Balaban J connectivity index is 0.000000479. The van der Waals surface area contributed by atoms with Crippen LogP contribution in [0.5, 0.6) is 0 Å². The van der Waals surface area contributed by atoms with Gasteiger partial charge in [-0.3, -0.25) is 18.5 Å². The van der Waals surface area contributed by atoms with E-state index >= 15 is 0 Å². The van der Waals surface area contributed by atoms with Crippen LogP contribution in [0.2, 0.25) is 0 Å². The van der Waals surface area contributed by atoms with Gasteiger partial charge in [0.2, 0.25) is 5.95 Å². The molecule has 0 bridgehead atoms. The molecule has 1 saturated heterocycles. The van der Waals surface area contributed by atoms with Gasteiger partial charge in [0, 0.05) is 46.4 Å². The van der Waals surface area contributed by atoms with Crippen LogP contribution in [0.15, 0.2) is 9.59 Å². The number of piperazine rings is 1. The molecule has 33 heavy (non-hydrogen) atoms. The number of carboxylic acid groups (broad SMARTS) is 1. The molecule has 0 unspecified atom stereocenters. The van der Waals surface area contributed by atoms with Crippen LogP contribution >= 0.6 is 0 Å². The maximum atomic E-state index is 12.8. The normalized spacial score (nSPS) is 13.8. The van der Waals surface area contributed by atoms with Crippen molar-refractivity contribution in [2.75, 3.05) is 37.7 Å². The van der Waals surface area contributed by atoms with Gasteiger partial charge in [-0.1, -0.05) is 5.92 Å². The lowest BCUT2D eigenvalue weighted by molar-refractivity contribution is -0.192. The third-order valence-corrected chi connectivity index (χ3v) is 4.81. The molecule has 1 fully saturated rings. The number of aryl methyl sites for hydroxylation is 1. The monoisotopic (exact) mass is 474 g/mol. The van der Waals surface area contributed by atoms with Crippen LogP contribution in [0.4, 0.5) is 19.1 Å². The summed E-state index contributed by atoms with van der Waals surface area (Å²) >= 11 is 0. The van der Waals surface area contributed by atoms with E-state index in [1.54, 1.807) is 11.5 Å². The molecule has 1 aliphatic rings. The topological polar surface area (TPSA) is 135 Å². The number of fused-ring (bicyclic) bond motifs is 1. The molecular formula is C19H25F3N6O5. The zero-order valence-electron chi connectivity index (χ0n) is 18.1. The van der Waals surface area contributed by atoms with Gasteiger partial charge in [0.25, 0.3) is 5.56 Å². The number of alkyl halides is 3. The average molecular weight is 474 g/mol. The highest BCUT2D eigenvalue weighted by molar-refractivity contribution is 5.75. The summed E-state index contributed by atoms with van der Waals surface area (Å²) in [6.07, 6.45) is -4.67. The Morgan fingerprint density at radius 2 is 1.82 bits per heavy atom. The number of nitrogens with zero attached hydrogens (tertiary/aromatic N) is 5. The van der Waals surface area contributed by atoms with Crippen LogP contribution in [0.3, 0.4) is 0 Å². The molecule has 14 heteroatoms. The molecule has 0 aromatic carbocycles. The van der Waals surface area contributed by atoms with Crippen molar-refractivity contribution in [3.8, 4) is 11.8 Å². The van der Waals surface area contributed by atoms with Crippen molar-refractivity contribution in [1.29, 1.82) is 0 Å². The molecule has 3 rings (SSSR count). The van der Waals surface area contributed by atoms with E-state index in [4.69, 9.17) is 15.0 Å². The summed E-state index contributed by atoms with van der Waals surface area (Å²) in [4.78, 5) is 41.0. The molecule has 1 aliphatic heterocycles. The molecule has 11 nitrogen and oxygen atoms in total.